The van der Waals surface area contributed by atoms with Crippen LogP contribution in [0.25, 0.3) is 11.3 Å². The van der Waals surface area contributed by atoms with Crippen molar-refractivity contribution in [2.24, 2.45) is 0 Å². The first-order valence-corrected chi connectivity index (χ1v) is 5.97. The molecule has 0 bridgehead atoms. The molecule has 84 valence electrons. The van der Waals surface area contributed by atoms with Gasteiger partial charge in [0.25, 0.3) is 0 Å². The fourth-order valence-electron chi connectivity index (χ4n) is 1.63. The Morgan fingerprint density at radius 1 is 1.25 bits per heavy atom. The number of hydrogen-bond donors (Lipinski definition) is 0. The van der Waals surface area contributed by atoms with E-state index in [1.807, 2.05) is 0 Å². The van der Waals surface area contributed by atoms with Crippen LogP contribution in [-0.4, -0.2) is 4.98 Å². The topological polar surface area (TPSA) is 26.0 Å². The SMILES string of the molecule is CCCc1ccc(-c2cnc(CCl)o2)cc1. The Balaban J connectivity index is 2.20. The van der Waals surface area contributed by atoms with E-state index in [2.05, 4.69) is 36.2 Å². The maximum atomic E-state index is 5.64. The molecule has 0 unspecified atom stereocenters. The van der Waals surface area contributed by atoms with Crippen molar-refractivity contribution in [2.45, 2.75) is 25.6 Å². The Hall–Kier alpha value is -1.28. The second-order valence-electron chi connectivity index (χ2n) is 3.70. The lowest BCUT2D eigenvalue weighted by molar-refractivity contribution is 0.529. The third kappa shape index (κ3) is 2.45. The first-order chi connectivity index (χ1) is 7.83. The quantitative estimate of drug-likeness (QED) is 0.748. The minimum absolute atomic E-state index is 0.313. The number of benzene rings is 1. The standard InChI is InChI=1S/C13H14ClNO/c1-2-3-10-4-6-11(7-5-10)12-9-15-13(8-14)16-12/h4-7,9H,2-3,8H2,1H3. The highest BCUT2D eigenvalue weighted by atomic mass is 35.5. The maximum Gasteiger partial charge on any atom is 0.209 e. The molecule has 0 saturated carbocycles. The summed E-state index contributed by atoms with van der Waals surface area (Å²) in [6.07, 6.45) is 3.99. The molecule has 0 aliphatic heterocycles. The lowest BCUT2D eigenvalue weighted by Crippen LogP contribution is -1.82. The van der Waals surface area contributed by atoms with Crippen LogP contribution in [0.5, 0.6) is 0 Å². The van der Waals surface area contributed by atoms with Crippen LogP contribution >= 0.6 is 11.6 Å². The lowest BCUT2D eigenvalue weighted by Gasteiger charge is -2.00. The molecule has 1 aromatic carbocycles. The molecule has 0 spiro atoms. The Morgan fingerprint density at radius 3 is 2.56 bits per heavy atom. The van der Waals surface area contributed by atoms with Gasteiger partial charge < -0.3 is 4.42 Å². The van der Waals surface area contributed by atoms with Gasteiger partial charge in [0.15, 0.2) is 5.76 Å². The zero-order chi connectivity index (χ0) is 11.4. The summed E-state index contributed by atoms with van der Waals surface area (Å²) in [5.74, 6) is 1.65. The van der Waals surface area contributed by atoms with E-state index in [1.165, 1.54) is 5.56 Å². The molecule has 0 N–H and O–H groups in total. The summed E-state index contributed by atoms with van der Waals surface area (Å²) in [6.45, 7) is 2.18. The second kappa shape index (κ2) is 5.17. The van der Waals surface area contributed by atoms with Crippen LogP contribution in [0.1, 0.15) is 24.8 Å². The Kier molecular flexibility index (Phi) is 3.62. The summed E-state index contributed by atoms with van der Waals surface area (Å²) < 4.78 is 5.48. The van der Waals surface area contributed by atoms with Gasteiger partial charge in [0.05, 0.1) is 12.1 Å². The average Bonchev–Trinajstić information content (AvgIpc) is 2.79. The van der Waals surface area contributed by atoms with Gasteiger partial charge in [0.1, 0.15) is 0 Å². The monoisotopic (exact) mass is 235 g/mol. The van der Waals surface area contributed by atoms with Crippen molar-refractivity contribution in [3.63, 3.8) is 0 Å². The van der Waals surface area contributed by atoms with E-state index in [0.717, 1.165) is 24.2 Å². The Morgan fingerprint density at radius 2 is 2.00 bits per heavy atom. The molecule has 2 nitrogen and oxygen atoms in total. The van der Waals surface area contributed by atoms with E-state index in [1.54, 1.807) is 6.20 Å². The predicted octanol–water partition coefficient (Wildman–Crippen LogP) is 4.03. The van der Waals surface area contributed by atoms with Gasteiger partial charge in [-0.25, -0.2) is 4.98 Å². The second-order valence-corrected chi connectivity index (χ2v) is 3.97. The van der Waals surface area contributed by atoms with E-state index in [9.17, 15) is 0 Å². The van der Waals surface area contributed by atoms with E-state index in [0.29, 0.717) is 11.8 Å². The first kappa shape index (κ1) is 11.2. The number of halogens is 1. The fraction of sp³-hybridized carbons (Fsp3) is 0.308. The van der Waals surface area contributed by atoms with Gasteiger partial charge in [-0.1, -0.05) is 37.6 Å². The summed E-state index contributed by atoms with van der Waals surface area (Å²) in [5, 5.41) is 0. The molecule has 0 saturated heterocycles. The minimum atomic E-state index is 0.313. The van der Waals surface area contributed by atoms with Crippen molar-refractivity contribution in [2.75, 3.05) is 0 Å². The van der Waals surface area contributed by atoms with Gasteiger partial charge in [0.2, 0.25) is 5.89 Å². The molecule has 2 aromatic rings. The number of nitrogens with zero attached hydrogens (tertiary/aromatic N) is 1. The zero-order valence-corrected chi connectivity index (χ0v) is 10.00. The maximum absolute atomic E-state index is 5.64. The molecule has 1 heterocycles. The molecule has 0 fully saturated rings. The third-order valence-corrected chi connectivity index (χ3v) is 2.67. The summed E-state index contributed by atoms with van der Waals surface area (Å²) in [4.78, 5) is 4.07. The first-order valence-electron chi connectivity index (χ1n) is 5.43. The summed E-state index contributed by atoms with van der Waals surface area (Å²) in [6, 6.07) is 8.37. The predicted molar refractivity (Wildman–Crippen MR) is 65.5 cm³/mol. The van der Waals surface area contributed by atoms with Crippen LogP contribution < -0.4 is 0 Å². The van der Waals surface area contributed by atoms with E-state index < -0.39 is 0 Å². The molecule has 0 atom stereocenters. The van der Waals surface area contributed by atoms with Crippen LogP contribution in [0.4, 0.5) is 0 Å². The Labute approximate surface area is 100 Å². The molecule has 1 aromatic heterocycles. The number of aromatic nitrogens is 1. The molecular formula is C13H14ClNO. The molecule has 16 heavy (non-hydrogen) atoms. The smallest absolute Gasteiger partial charge is 0.209 e. The van der Waals surface area contributed by atoms with Gasteiger partial charge in [0, 0.05) is 5.56 Å². The van der Waals surface area contributed by atoms with Gasteiger partial charge >= 0.3 is 0 Å². The van der Waals surface area contributed by atoms with Crippen molar-refractivity contribution < 1.29 is 4.42 Å². The largest absolute Gasteiger partial charge is 0.439 e. The van der Waals surface area contributed by atoms with Gasteiger partial charge in [-0.15, -0.1) is 11.6 Å². The van der Waals surface area contributed by atoms with Crippen molar-refractivity contribution in [3.8, 4) is 11.3 Å². The number of alkyl halides is 1. The van der Waals surface area contributed by atoms with Gasteiger partial charge in [-0.2, -0.15) is 0 Å². The van der Waals surface area contributed by atoms with Crippen LogP contribution in [-0.2, 0) is 12.3 Å². The highest BCUT2D eigenvalue weighted by molar-refractivity contribution is 6.16. The third-order valence-electron chi connectivity index (χ3n) is 2.45. The zero-order valence-electron chi connectivity index (χ0n) is 9.24. The molecule has 2 rings (SSSR count). The number of aryl methyl sites for hydroxylation is 1. The van der Waals surface area contributed by atoms with Crippen LogP contribution in [0.15, 0.2) is 34.9 Å². The Bertz CT molecular complexity index is 447. The lowest BCUT2D eigenvalue weighted by atomic mass is 10.1. The minimum Gasteiger partial charge on any atom is -0.439 e. The average molecular weight is 236 g/mol. The van der Waals surface area contributed by atoms with E-state index >= 15 is 0 Å². The van der Waals surface area contributed by atoms with E-state index in [-0.39, 0.29) is 0 Å². The fourth-order valence-corrected chi connectivity index (χ4v) is 1.75. The van der Waals surface area contributed by atoms with Gasteiger partial charge in [-0.3, -0.25) is 0 Å². The van der Waals surface area contributed by atoms with E-state index in [4.69, 9.17) is 16.0 Å². The summed E-state index contributed by atoms with van der Waals surface area (Å²) in [7, 11) is 0. The molecule has 0 amide bonds. The number of hydrogen-bond acceptors (Lipinski definition) is 2. The van der Waals surface area contributed by atoms with Crippen molar-refractivity contribution in [1.29, 1.82) is 0 Å². The van der Waals surface area contributed by atoms with Crippen molar-refractivity contribution >= 4 is 11.6 Å². The summed E-state index contributed by atoms with van der Waals surface area (Å²) in [5.41, 5.74) is 2.40. The highest BCUT2D eigenvalue weighted by Gasteiger charge is 2.04. The normalized spacial score (nSPS) is 10.6. The highest BCUT2D eigenvalue weighted by Crippen LogP contribution is 2.21. The van der Waals surface area contributed by atoms with Crippen LogP contribution in [0.3, 0.4) is 0 Å². The molecule has 0 aliphatic rings. The molecule has 3 heteroatoms. The van der Waals surface area contributed by atoms with Crippen molar-refractivity contribution in [3.05, 3.63) is 41.9 Å². The van der Waals surface area contributed by atoms with Crippen LogP contribution in [0, 0.1) is 0 Å². The van der Waals surface area contributed by atoms with Crippen molar-refractivity contribution in [1.82, 2.24) is 4.98 Å². The van der Waals surface area contributed by atoms with Gasteiger partial charge in [-0.05, 0) is 12.0 Å². The molecular weight excluding hydrogens is 222 g/mol. The molecule has 0 aliphatic carbocycles. The molecule has 0 radical (unpaired) electrons. The number of oxazole rings is 1. The number of rotatable bonds is 4. The van der Waals surface area contributed by atoms with Crippen LogP contribution in [0.2, 0.25) is 0 Å². The summed E-state index contributed by atoms with van der Waals surface area (Å²) >= 11 is 5.64.